The van der Waals surface area contributed by atoms with Crippen molar-refractivity contribution in [1.82, 2.24) is 14.6 Å². The van der Waals surface area contributed by atoms with Gasteiger partial charge in [0, 0.05) is 5.41 Å². The molecule has 15 heavy (non-hydrogen) atoms. The van der Waals surface area contributed by atoms with E-state index in [2.05, 4.69) is 16.2 Å². The van der Waals surface area contributed by atoms with E-state index in [9.17, 15) is 0 Å². The van der Waals surface area contributed by atoms with E-state index in [1.165, 1.54) is 11.3 Å². The number of rotatable bonds is 0. The highest BCUT2D eigenvalue weighted by Crippen LogP contribution is 2.27. The zero-order valence-corrected chi connectivity index (χ0v) is 10.0. The normalized spacial score (nSPS) is 11.9. The topological polar surface area (TPSA) is 54.0 Å². The van der Waals surface area contributed by atoms with Crippen LogP contribution >= 0.6 is 11.3 Å². The second kappa shape index (κ2) is 3.04. The molecule has 0 spiro atoms. The molecule has 2 rings (SSSR count). The molecule has 0 aliphatic rings. The molecule has 0 amide bonds. The predicted molar refractivity (Wildman–Crippen MR) is 59.0 cm³/mol. The van der Waals surface area contributed by atoms with Crippen LogP contribution in [0.1, 0.15) is 37.2 Å². The van der Waals surface area contributed by atoms with E-state index in [-0.39, 0.29) is 5.41 Å². The fourth-order valence-electron chi connectivity index (χ4n) is 1.47. The molecule has 0 aliphatic heterocycles. The van der Waals surface area contributed by atoms with Gasteiger partial charge in [0.2, 0.25) is 4.96 Å². The van der Waals surface area contributed by atoms with Gasteiger partial charge in [0.25, 0.3) is 0 Å². The van der Waals surface area contributed by atoms with Crippen LogP contribution in [0.4, 0.5) is 0 Å². The first-order valence-corrected chi connectivity index (χ1v) is 5.52. The van der Waals surface area contributed by atoms with E-state index in [1.54, 1.807) is 4.52 Å². The van der Waals surface area contributed by atoms with Gasteiger partial charge in [0.15, 0.2) is 5.69 Å². The Kier molecular flexibility index (Phi) is 2.05. The van der Waals surface area contributed by atoms with E-state index in [0.29, 0.717) is 5.69 Å². The van der Waals surface area contributed by atoms with Crippen LogP contribution in [0.3, 0.4) is 0 Å². The molecule has 0 aliphatic carbocycles. The third-order valence-corrected chi connectivity index (χ3v) is 2.94. The Morgan fingerprint density at radius 2 is 2.07 bits per heavy atom. The third-order valence-electron chi connectivity index (χ3n) is 2.12. The summed E-state index contributed by atoms with van der Waals surface area (Å²) in [4.78, 5) is 5.27. The second-order valence-corrected chi connectivity index (χ2v) is 5.65. The van der Waals surface area contributed by atoms with Crippen LogP contribution in [0.5, 0.6) is 0 Å². The fraction of sp³-hybridized carbons (Fsp3) is 0.500. The number of nitrogens with zero attached hydrogens (tertiary/aromatic N) is 4. The quantitative estimate of drug-likeness (QED) is 0.684. The Labute approximate surface area is 92.2 Å². The van der Waals surface area contributed by atoms with Crippen LogP contribution in [-0.2, 0) is 5.41 Å². The summed E-state index contributed by atoms with van der Waals surface area (Å²) in [5, 5.41) is 14.3. The summed E-state index contributed by atoms with van der Waals surface area (Å²) >= 11 is 1.51. The molecule has 4 nitrogen and oxygen atoms in total. The van der Waals surface area contributed by atoms with E-state index in [4.69, 9.17) is 5.26 Å². The number of imidazole rings is 1. The number of aromatic nitrogens is 3. The van der Waals surface area contributed by atoms with Gasteiger partial charge in [-0.25, -0.2) is 4.98 Å². The van der Waals surface area contributed by atoms with Crippen molar-refractivity contribution < 1.29 is 0 Å². The number of hydrogen-bond acceptors (Lipinski definition) is 4. The Morgan fingerprint density at radius 3 is 2.60 bits per heavy atom. The van der Waals surface area contributed by atoms with Crippen molar-refractivity contribution in [3.8, 4) is 6.07 Å². The SMILES string of the molecule is Cc1nn2c(C#N)c(C(C)(C)C)nc2s1. The lowest BCUT2D eigenvalue weighted by atomic mass is 9.91. The average molecular weight is 220 g/mol. The van der Waals surface area contributed by atoms with E-state index in [0.717, 1.165) is 15.7 Å². The van der Waals surface area contributed by atoms with Gasteiger partial charge < -0.3 is 0 Å². The van der Waals surface area contributed by atoms with Crippen LogP contribution in [0.15, 0.2) is 0 Å². The van der Waals surface area contributed by atoms with Crippen LogP contribution in [-0.4, -0.2) is 14.6 Å². The summed E-state index contributed by atoms with van der Waals surface area (Å²) in [6.07, 6.45) is 0. The summed E-state index contributed by atoms with van der Waals surface area (Å²) < 4.78 is 1.64. The molecule has 0 radical (unpaired) electrons. The van der Waals surface area contributed by atoms with Gasteiger partial charge in [-0.05, 0) is 6.92 Å². The maximum Gasteiger partial charge on any atom is 0.213 e. The summed E-state index contributed by atoms with van der Waals surface area (Å²) in [7, 11) is 0. The van der Waals surface area contributed by atoms with E-state index >= 15 is 0 Å². The predicted octanol–water partition coefficient (Wildman–Crippen LogP) is 2.27. The molecule has 78 valence electrons. The largest absolute Gasteiger partial charge is 0.221 e. The minimum atomic E-state index is -0.119. The minimum absolute atomic E-state index is 0.119. The maximum absolute atomic E-state index is 9.13. The summed E-state index contributed by atoms with van der Waals surface area (Å²) in [5.74, 6) is 0. The van der Waals surface area contributed by atoms with Crippen LogP contribution in [0.25, 0.3) is 4.96 Å². The molecular weight excluding hydrogens is 208 g/mol. The van der Waals surface area contributed by atoms with Gasteiger partial charge in [-0.3, -0.25) is 0 Å². The molecule has 2 heterocycles. The summed E-state index contributed by atoms with van der Waals surface area (Å²) in [6.45, 7) is 8.06. The van der Waals surface area contributed by atoms with Crippen molar-refractivity contribution in [2.24, 2.45) is 0 Å². The minimum Gasteiger partial charge on any atom is -0.221 e. The van der Waals surface area contributed by atoms with Gasteiger partial charge in [-0.2, -0.15) is 14.9 Å². The van der Waals surface area contributed by atoms with Gasteiger partial charge in [0.1, 0.15) is 11.1 Å². The molecule has 0 aromatic carbocycles. The number of hydrogen-bond donors (Lipinski definition) is 0. The Balaban J connectivity index is 2.78. The number of fused-ring (bicyclic) bond motifs is 1. The van der Waals surface area contributed by atoms with Crippen molar-refractivity contribution >= 4 is 16.3 Å². The lowest BCUT2D eigenvalue weighted by Crippen LogP contribution is -2.14. The monoisotopic (exact) mass is 220 g/mol. The Bertz CT molecular complexity index is 550. The third kappa shape index (κ3) is 1.51. The first-order chi connectivity index (χ1) is 6.93. The fourth-order valence-corrected chi connectivity index (χ4v) is 2.21. The van der Waals surface area contributed by atoms with Gasteiger partial charge >= 0.3 is 0 Å². The molecule has 0 saturated heterocycles. The molecule has 0 bridgehead atoms. The van der Waals surface area contributed by atoms with E-state index in [1.807, 2.05) is 27.7 Å². The molecule has 0 fully saturated rings. The Morgan fingerprint density at radius 1 is 1.40 bits per heavy atom. The highest BCUT2D eigenvalue weighted by atomic mass is 32.1. The maximum atomic E-state index is 9.13. The van der Waals surface area contributed by atoms with Crippen molar-refractivity contribution in [2.45, 2.75) is 33.1 Å². The standard InChI is InChI=1S/C10H12N4S/c1-6-13-14-7(5-11)8(10(2,3)4)12-9(14)15-6/h1-4H3. The highest BCUT2D eigenvalue weighted by Gasteiger charge is 2.25. The summed E-state index contributed by atoms with van der Waals surface area (Å²) in [6, 6.07) is 2.18. The summed E-state index contributed by atoms with van der Waals surface area (Å²) in [5.41, 5.74) is 1.26. The van der Waals surface area contributed by atoms with Crippen molar-refractivity contribution in [2.75, 3.05) is 0 Å². The van der Waals surface area contributed by atoms with Crippen molar-refractivity contribution in [3.63, 3.8) is 0 Å². The first-order valence-electron chi connectivity index (χ1n) is 4.70. The number of nitriles is 1. The molecule has 5 heteroatoms. The molecule has 0 saturated carbocycles. The molecular formula is C10H12N4S. The second-order valence-electron chi connectivity index (χ2n) is 4.49. The first kappa shape index (κ1) is 10.1. The molecule has 0 N–H and O–H groups in total. The molecule has 0 unspecified atom stereocenters. The number of aryl methyl sites for hydroxylation is 1. The van der Waals surface area contributed by atoms with Crippen LogP contribution in [0, 0.1) is 18.3 Å². The van der Waals surface area contributed by atoms with Crippen LogP contribution in [0.2, 0.25) is 0 Å². The highest BCUT2D eigenvalue weighted by molar-refractivity contribution is 7.16. The van der Waals surface area contributed by atoms with Crippen molar-refractivity contribution in [1.29, 1.82) is 5.26 Å². The zero-order valence-electron chi connectivity index (χ0n) is 9.20. The average Bonchev–Trinajstić information content (AvgIpc) is 2.58. The van der Waals surface area contributed by atoms with Gasteiger partial charge in [-0.15, -0.1) is 0 Å². The zero-order chi connectivity index (χ0) is 11.2. The molecule has 2 aromatic heterocycles. The van der Waals surface area contributed by atoms with Gasteiger partial charge in [-0.1, -0.05) is 32.1 Å². The van der Waals surface area contributed by atoms with E-state index < -0.39 is 0 Å². The van der Waals surface area contributed by atoms with Crippen molar-refractivity contribution in [3.05, 3.63) is 16.4 Å². The molecule has 2 aromatic rings. The van der Waals surface area contributed by atoms with Gasteiger partial charge in [0.05, 0.1) is 5.69 Å². The lowest BCUT2D eigenvalue weighted by Gasteiger charge is -2.14. The Hall–Kier alpha value is -1.41. The lowest BCUT2D eigenvalue weighted by molar-refractivity contribution is 0.570. The molecule has 0 atom stereocenters. The smallest absolute Gasteiger partial charge is 0.213 e. The van der Waals surface area contributed by atoms with Crippen LogP contribution < -0.4 is 0 Å².